The highest BCUT2D eigenvalue weighted by Gasteiger charge is 2.29. The van der Waals surface area contributed by atoms with Crippen molar-refractivity contribution in [2.75, 3.05) is 0 Å². The van der Waals surface area contributed by atoms with Crippen molar-refractivity contribution in [3.63, 3.8) is 0 Å². The van der Waals surface area contributed by atoms with Crippen molar-refractivity contribution < 1.29 is 13.2 Å². The molecule has 0 aromatic heterocycles. The van der Waals surface area contributed by atoms with Gasteiger partial charge in [0.15, 0.2) is 0 Å². The maximum absolute atomic E-state index is 12.5. The van der Waals surface area contributed by atoms with Gasteiger partial charge in [-0.05, 0) is 41.8 Å². The van der Waals surface area contributed by atoms with Crippen LogP contribution in [0.2, 0.25) is 5.02 Å². The summed E-state index contributed by atoms with van der Waals surface area (Å²) >= 11 is 12.1. The Labute approximate surface area is 125 Å². The first-order chi connectivity index (χ1) is 9.36. The molecule has 0 heterocycles. The van der Waals surface area contributed by atoms with Gasteiger partial charge in [0, 0.05) is 5.02 Å². The third-order valence-corrected chi connectivity index (χ3v) is 3.55. The van der Waals surface area contributed by atoms with Crippen molar-refractivity contribution in [1.82, 2.24) is 0 Å². The largest absolute Gasteiger partial charge is 0.416 e. The minimum absolute atomic E-state index is 0.328. The van der Waals surface area contributed by atoms with Crippen LogP contribution in [0.25, 0.3) is 0 Å². The lowest BCUT2D eigenvalue weighted by molar-refractivity contribution is -0.137. The van der Waals surface area contributed by atoms with Crippen LogP contribution < -0.4 is 0 Å². The van der Waals surface area contributed by atoms with Crippen molar-refractivity contribution >= 4 is 23.2 Å². The van der Waals surface area contributed by atoms with Gasteiger partial charge >= 0.3 is 6.18 Å². The Balaban J connectivity index is 2.10. The zero-order valence-electron chi connectivity index (χ0n) is 10.3. The molecule has 1 atom stereocenters. The van der Waals surface area contributed by atoms with Crippen LogP contribution in [0.15, 0.2) is 48.5 Å². The predicted molar refractivity (Wildman–Crippen MR) is 75.2 cm³/mol. The van der Waals surface area contributed by atoms with E-state index < -0.39 is 11.7 Å². The monoisotopic (exact) mass is 318 g/mol. The van der Waals surface area contributed by atoms with E-state index in [1.807, 2.05) is 6.07 Å². The van der Waals surface area contributed by atoms with Gasteiger partial charge in [-0.2, -0.15) is 13.2 Å². The second kappa shape index (κ2) is 6.06. The quantitative estimate of drug-likeness (QED) is 0.620. The molecule has 0 spiro atoms. The van der Waals surface area contributed by atoms with Crippen molar-refractivity contribution in [2.24, 2.45) is 0 Å². The van der Waals surface area contributed by atoms with Crippen LogP contribution in [0.3, 0.4) is 0 Å². The van der Waals surface area contributed by atoms with E-state index >= 15 is 0 Å². The van der Waals surface area contributed by atoms with Crippen molar-refractivity contribution in [2.45, 2.75) is 18.0 Å². The fourth-order valence-corrected chi connectivity index (χ4v) is 2.37. The highest BCUT2D eigenvalue weighted by atomic mass is 35.5. The second-order valence-corrected chi connectivity index (χ2v) is 5.38. The summed E-state index contributed by atoms with van der Waals surface area (Å²) in [4.78, 5) is 0. The van der Waals surface area contributed by atoms with Crippen LogP contribution in [0.1, 0.15) is 22.1 Å². The molecule has 20 heavy (non-hydrogen) atoms. The number of hydrogen-bond donors (Lipinski definition) is 0. The Hall–Kier alpha value is -1.19. The minimum Gasteiger partial charge on any atom is -0.166 e. The molecule has 106 valence electrons. The predicted octanol–water partition coefficient (Wildman–Crippen LogP) is 5.88. The first kappa shape index (κ1) is 15.2. The Kier molecular flexibility index (Phi) is 4.61. The number of alkyl halides is 4. The van der Waals surface area contributed by atoms with Gasteiger partial charge in [-0.1, -0.05) is 35.9 Å². The van der Waals surface area contributed by atoms with Gasteiger partial charge in [-0.3, -0.25) is 0 Å². The van der Waals surface area contributed by atoms with Gasteiger partial charge in [0.2, 0.25) is 0 Å². The minimum atomic E-state index is -4.31. The third-order valence-electron chi connectivity index (χ3n) is 2.91. The number of hydrogen-bond acceptors (Lipinski definition) is 0. The molecule has 0 aliphatic rings. The van der Waals surface area contributed by atoms with Crippen LogP contribution in [-0.2, 0) is 12.6 Å². The molecule has 2 aromatic rings. The topological polar surface area (TPSA) is 0 Å². The normalized spacial score (nSPS) is 13.2. The smallest absolute Gasteiger partial charge is 0.166 e. The van der Waals surface area contributed by atoms with Crippen LogP contribution in [0, 0.1) is 0 Å². The summed E-state index contributed by atoms with van der Waals surface area (Å²) in [6.07, 6.45) is -3.87. The summed E-state index contributed by atoms with van der Waals surface area (Å²) in [6.45, 7) is 0. The van der Waals surface area contributed by atoms with Crippen LogP contribution >= 0.6 is 23.2 Å². The van der Waals surface area contributed by atoms with Crippen LogP contribution in [0.5, 0.6) is 0 Å². The SMILES string of the molecule is FC(F)(F)c1ccc(CC(Cl)c2cccc(Cl)c2)cc1. The first-order valence-corrected chi connectivity index (χ1v) is 6.73. The second-order valence-electron chi connectivity index (χ2n) is 4.42. The summed E-state index contributed by atoms with van der Waals surface area (Å²) in [6, 6.07) is 12.2. The van der Waals surface area contributed by atoms with Gasteiger partial charge in [0.05, 0.1) is 10.9 Å². The molecule has 0 aliphatic heterocycles. The van der Waals surface area contributed by atoms with Gasteiger partial charge in [0.1, 0.15) is 0 Å². The van der Waals surface area contributed by atoms with Crippen molar-refractivity contribution in [1.29, 1.82) is 0 Å². The lowest BCUT2D eigenvalue weighted by Crippen LogP contribution is -2.05. The van der Waals surface area contributed by atoms with Crippen molar-refractivity contribution in [3.05, 3.63) is 70.2 Å². The Morgan fingerprint density at radius 3 is 2.20 bits per heavy atom. The molecule has 0 aliphatic carbocycles. The van der Waals surface area contributed by atoms with E-state index in [0.29, 0.717) is 11.4 Å². The van der Waals surface area contributed by atoms with Crippen LogP contribution in [-0.4, -0.2) is 0 Å². The molecule has 5 heteroatoms. The molecule has 0 saturated heterocycles. The fourth-order valence-electron chi connectivity index (χ4n) is 1.86. The lowest BCUT2D eigenvalue weighted by atomic mass is 10.0. The van der Waals surface area contributed by atoms with E-state index in [4.69, 9.17) is 23.2 Å². The van der Waals surface area contributed by atoms with Gasteiger partial charge in [0.25, 0.3) is 0 Å². The number of benzene rings is 2. The third kappa shape index (κ3) is 3.90. The van der Waals surface area contributed by atoms with Gasteiger partial charge in [-0.15, -0.1) is 11.6 Å². The average Bonchev–Trinajstić information content (AvgIpc) is 2.38. The molecule has 1 unspecified atom stereocenters. The summed E-state index contributed by atoms with van der Waals surface area (Å²) < 4.78 is 37.4. The molecule has 0 amide bonds. The highest BCUT2D eigenvalue weighted by Crippen LogP contribution is 2.31. The summed E-state index contributed by atoms with van der Waals surface area (Å²) in [5, 5.41) is 0.256. The van der Waals surface area contributed by atoms with E-state index in [-0.39, 0.29) is 5.38 Å². The Bertz CT molecular complexity index is 576. The first-order valence-electron chi connectivity index (χ1n) is 5.92. The van der Waals surface area contributed by atoms with E-state index in [0.717, 1.165) is 23.3 Å². The van der Waals surface area contributed by atoms with E-state index in [2.05, 4.69) is 0 Å². The molecule has 0 saturated carbocycles. The van der Waals surface area contributed by atoms with Crippen molar-refractivity contribution in [3.8, 4) is 0 Å². The zero-order valence-corrected chi connectivity index (χ0v) is 11.8. The van der Waals surface area contributed by atoms with E-state index in [1.54, 1.807) is 18.2 Å². The molecule has 0 nitrogen and oxygen atoms in total. The molecule has 0 N–H and O–H groups in total. The lowest BCUT2D eigenvalue weighted by Gasteiger charge is -2.12. The molecular weight excluding hydrogens is 308 g/mol. The van der Waals surface area contributed by atoms with Gasteiger partial charge in [-0.25, -0.2) is 0 Å². The van der Waals surface area contributed by atoms with E-state index in [9.17, 15) is 13.2 Å². The van der Waals surface area contributed by atoms with Gasteiger partial charge < -0.3 is 0 Å². The van der Waals surface area contributed by atoms with Crippen LogP contribution in [0.4, 0.5) is 13.2 Å². The molecular formula is C15H11Cl2F3. The molecule has 0 bridgehead atoms. The Morgan fingerprint density at radius 1 is 1.00 bits per heavy atom. The average molecular weight is 319 g/mol. The molecule has 2 rings (SSSR count). The summed E-state index contributed by atoms with van der Waals surface area (Å²) in [5.74, 6) is 0. The number of halogens is 5. The standard InChI is InChI=1S/C15H11Cl2F3/c16-13-3-1-2-11(9-13)14(17)8-10-4-6-12(7-5-10)15(18,19)20/h1-7,9,14H,8H2. The maximum atomic E-state index is 12.5. The van der Waals surface area contributed by atoms with E-state index in [1.165, 1.54) is 12.1 Å². The number of rotatable bonds is 3. The zero-order chi connectivity index (χ0) is 14.8. The molecule has 2 aromatic carbocycles. The summed E-state index contributed by atoms with van der Waals surface area (Å²) in [7, 11) is 0. The molecule has 0 fully saturated rings. The molecule has 0 radical (unpaired) electrons. The highest BCUT2D eigenvalue weighted by molar-refractivity contribution is 6.30. The summed E-state index contributed by atoms with van der Waals surface area (Å²) in [5.41, 5.74) is 0.937. The maximum Gasteiger partial charge on any atom is 0.416 e. The Morgan fingerprint density at radius 2 is 1.65 bits per heavy atom. The fraction of sp³-hybridized carbons (Fsp3) is 0.200.